The molecule has 1 fully saturated rings. The van der Waals surface area contributed by atoms with E-state index < -0.39 is 0 Å². The molecule has 1 saturated heterocycles. The van der Waals surface area contributed by atoms with Gasteiger partial charge in [0.15, 0.2) is 4.67 Å². The molecule has 1 N–H and O–H groups in total. The number of halogens is 1. The number of hydrogen-bond acceptors (Lipinski definition) is 3. The maximum absolute atomic E-state index is 5.46. The topological polar surface area (TPSA) is 34.4 Å². The van der Waals surface area contributed by atoms with Crippen LogP contribution < -0.4 is 5.32 Å². The van der Waals surface area contributed by atoms with Crippen LogP contribution in [0.4, 0.5) is 0 Å². The highest BCUT2D eigenvalue weighted by Gasteiger charge is 2.24. The highest BCUT2D eigenvalue weighted by Crippen LogP contribution is 2.20. The summed E-state index contributed by atoms with van der Waals surface area (Å²) < 4.78 is 11.7. The fourth-order valence-electron chi connectivity index (χ4n) is 2.19. The van der Waals surface area contributed by atoms with Gasteiger partial charge in [0, 0.05) is 12.6 Å². The minimum absolute atomic E-state index is 0.534. The lowest BCUT2D eigenvalue weighted by Gasteiger charge is -2.21. The Morgan fingerprint density at radius 1 is 1.56 bits per heavy atom. The van der Waals surface area contributed by atoms with Crippen LogP contribution in [0.5, 0.6) is 0 Å². The Kier molecular flexibility index (Phi) is 4.44. The molecule has 1 aliphatic rings. The molecule has 0 radical (unpaired) electrons. The van der Waals surface area contributed by atoms with Crippen molar-refractivity contribution in [2.45, 2.75) is 32.4 Å². The number of nitrogens with one attached hydrogen (secondary N) is 1. The molecular weight excluding hydrogens is 270 g/mol. The van der Waals surface area contributed by atoms with Crippen molar-refractivity contribution in [3.63, 3.8) is 0 Å². The summed E-state index contributed by atoms with van der Waals surface area (Å²) in [7, 11) is 0. The molecule has 0 saturated carbocycles. The van der Waals surface area contributed by atoms with Crippen LogP contribution in [-0.2, 0) is 11.3 Å². The molecule has 2 heterocycles. The second kappa shape index (κ2) is 5.84. The van der Waals surface area contributed by atoms with E-state index in [9.17, 15) is 0 Å². The van der Waals surface area contributed by atoms with Gasteiger partial charge in [-0.05, 0) is 46.8 Å². The van der Waals surface area contributed by atoms with Crippen molar-refractivity contribution in [3.8, 4) is 0 Å². The largest absolute Gasteiger partial charge is 0.453 e. The molecule has 90 valence electrons. The maximum atomic E-state index is 5.46. The van der Waals surface area contributed by atoms with Crippen LogP contribution in [0.2, 0.25) is 0 Å². The van der Waals surface area contributed by atoms with Crippen molar-refractivity contribution >= 4 is 15.9 Å². The molecule has 0 aromatic carbocycles. The number of furan rings is 1. The van der Waals surface area contributed by atoms with E-state index in [0.29, 0.717) is 12.0 Å². The minimum Gasteiger partial charge on any atom is -0.453 e. The van der Waals surface area contributed by atoms with Gasteiger partial charge in [0.2, 0.25) is 0 Å². The van der Waals surface area contributed by atoms with Gasteiger partial charge in [-0.2, -0.15) is 0 Å². The quantitative estimate of drug-likeness (QED) is 0.904. The zero-order valence-electron chi connectivity index (χ0n) is 9.54. The monoisotopic (exact) mass is 287 g/mol. The van der Waals surface area contributed by atoms with Gasteiger partial charge in [-0.1, -0.05) is 6.92 Å². The fourth-order valence-corrected chi connectivity index (χ4v) is 2.53. The first-order valence-corrected chi connectivity index (χ1v) is 6.64. The Bertz CT molecular complexity index is 321. The third kappa shape index (κ3) is 3.09. The van der Waals surface area contributed by atoms with Crippen molar-refractivity contribution in [2.24, 2.45) is 5.92 Å². The van der Waals surface area contributed by atoms with Gasteiger partial charge in [-0.3, -0.25) is 0 Å². The smallest absolute Gasteiger partial charge is 0.169 e. The summed E-state index contributed by atoms with van der Waals surface area (Å²) in [6.45, 7) is 4.82. The third-order valence-electron chi connectivity index (χ3n) is 3.14. The molecule has 3 nitrogen and oxygen atoms in total. The highest BCUT2D eigenvalue weighted by atomic mass is 79.9. The SMILES string of the molecule is CC[C@H](NCc1ccc(Br)o1)[C@H]1CCOC1. The lowest BCUT2D eigenvalue weighted by atomic mass is 9.97. The molecule has 1 aromatic rings. The number of rotatable bonds is 5. The zero-order chi connectivity index (χ0) is 11.4. The van der Waals surface area contributed by atoms with E-state index in [-0.39, 0.29) is 0 Å². The van der Waals surface area contributed by atoms with Crippen LogP contribution in [0.1, 0.15) is 25.5 Å². The summed E-state index contributed by atoms with van der Waals surface area (Å²) in [4.78, 5) is 0. The zero-order valence-corrected chi connectivity index (χ0v) is 11.1. The minimum atomic E-state index is 0.534. The summed E-state index contributed by atoms with van der Waals surface area (Å²) >= 11 is 3.31. The average Bonchev–Trinajstić information content (AvgIpc) is 2.91. The second-order valence-electron chi connectivity index (χ2n) is 4.23. The molecular formula is C12H18BrNO2. The fraction of sp³-hybridized carbons (Fsp3) is 0.667. The first kappa shape index (κ1) is 12.1. The summed E-state index contributed by atoms with van der Waals surface area (Å²) in [6, 6.07) is 4.46. The molecule has 1 aromatic heterocycles. The van der Waals surface area contributed by atoms with Crippen LogP contribution >= 0.6 is 15.9 Å². The highest BCUT2D eigenvalue weighted by molar-refractivity contribution is 9.10. The Labute approximate surface area is 105 Å². The summed E-state index contributed by atoms with van der Waals surface area (Å²) in [5.74, 6) is 1.63. The second-order valence-corrected chi connectivity index (χ2v) is 5.01. The first-order valence-electron chi connectivity index (χ1n) is 5.85. The van der Waals surface area contributed by atoms with Crippen molar-refractivity contribution in [1.29, 1.82) is 0 Å². The van der Waals surface area contributed by atoms with E-state index in [0.717, 1.165) is 36.6 Å². The first-order chi connectivity index (χ1) is 7.79. The molecule has 0 bridgehead atoms. The van der Waals surface area contributed by atoms with Crippen molar-refractivity contribution < 1.29 is 9.15 Å². The molecule has 2 rings (SSSR count). The van der Waals surface area contributed by atoms with Crippen LogP contribution in [0, 0.1) is 5.92 Å². The van der Waals surface area contributed by atoms with Crippen molar-refractivity contribution in [3.05, 3.63) is 22.6 Å². The van der Waals surface area contributed by atoms with E-state index in [2.05, 4.69) is 28.2 Å². The van der Waals surface area contributed by atoms with Gasteiger partial charge in [0.25, 0.3) is 0 Å². The van der Waals surface area contributed by atoms with E-state index in [1.807, 2.05) is 12.1 Å². The standard InChI is InChI=1S/C12H18BrNO2/c1-2-11(9-5-6-15-8-9)14-7-10-3-4-12(13)16-10/h3-4,9,11,14H,2,5-8H2,1H3/t9-,11-/m0/s1. The Balaban J connectivity index is 1.82. The summed E-state index contributed by atoms with van der Waals surface area (Å²) in [5.41, 5.74) is 0. The van der Waals surface area contributed by atoms with Crippen molar-refractivity contribution in [2.75, 3.05) is 13.2 Å². The third-order valence-corrected chi connectivity index (χ3v) is 3.57. The van der Waals surface area contributed by atoms with Crippen LogP contribution in [-0.4, -0.2) is 19.3 Å². The normalized spacial score (nSPS) is 22.5. The van der Waals surface area contributed by atoms with E-state index in [1.54, 1.807) is 0 Å². The summed E-state index contributed by atoms with van der Waals surface area (Å²) in [6.07, 6.45) is 2.31. The lowest BCUT2D eigenvalue weighted by Crippen LogP contribution is -2.35. The lowest BCUT2D eigenvalue weighted by molar-refractivity contribution is 0.175. The molecule has 4 heteroatoms. The van der Waals surface area contributed by atoms with Crippen LogP contribution in [0.3, 0.4) is 0 Å². The summed E-state index contributed by atoms with van der Waals surface area (Å²) in [5, 5.41) is 3.55. The molecule has 2 atom stereocenters. The van der Waals surface area contributed by atoms with Crippen LogP contribution in [0.15, 0.2) is 21.2 Å². The van der Waals surface area contributed by atoms with Crippen molar-refractivity contribution in [1.82, 2.24) is 5.32 Å². The molecule has 16 heavy (non-hydrogen) atoms. The number of ether oxygens (including phenoxy) is 1. The van der Waals surface area contributed by atoms with Gasteiger partial charge in [-0.25, -0.2) is 0 Å². The Morgan fingerprint density at radius 2 is 2.44 bits per heavy atom. The predicted molar refractivity (Wildman–Crippen MR) is 66.3 cm³/mol. The van der Waals surface area contributed by atoms with E-state index in [1.165, 1.54) is 6.42 Å². The van der Waals surface area contributed by atoms with E-state index in [4.69, 9.17) is 9.15 Å². The maximum Gasteiger partial charge on any atom is 0.169 e. The van der Waals surface area contributed by atoms with Gasteiger partial charge < -0.3 is 14.5 Å². The van der Waals surface area contributed by atoms with Gasteiger partial charge >= 0.3 is 0 Å². The molecule has 0 spiro atoms. The molecule has 0 unspecified atom stereocenters. The average molecular weight is 288 g/mol. The predicted octanol–water partition coefficient (Wildman–Crippen LogP) is 2.95. The van der Waals surface area contributed by atoms with Gasteiger partial charge in [0.1, 0.15) is 5.76 Å². The molecule has 1 aliphatic heterocycles. The van der Waals surface area contributed by atoms with Crippen LogP contribution in [0.25, 0.3) is 0 Å². The van der Waals surface area contributed by atoms with E-state index >= 15 is 0 Å². The van der Waals surface area contributed by atoms with Gasteiger partial charge in [-0.15, -0.1) is 0 Å². The van der Waals surface area contributed by atoms with Gasteiger partial charge in [0.05, 0.1) is 13.2 Å². The number of hydrogen-bond donors (Lipinski definition) is 1. The Morgan fingerprint density at radius 3 is 3.00 bits per heavy atom. The molecule has 0 aliphatic carbocycles. The Hall–Kier alpha value is -0.320. The molecule has 0 amide bonds.